The number of anilines is 1. The Labute approximate surface area is 118 Å². The number of sulfone groups is 1. The van der Waals surface area contributed by atoms with E-state index in [4.69, 9.17) is 0 Å². The number of benzene rings is 1. The Morgan fingerprint density at radius 1 is 1.37 bits per heavy atom. The highest BCUT2D eigenvalue weighted by Crippen LogP contribution is 2.26. The lowest BCUT2D eigenvalue weighted by Crippen LogP contribution is -2.07. The maximum atomic E-state index is 11.4. The van der Waals surface area contributed by atoms with Crippen molar-refractivity contribution in [2.75, 3.05) is 18.1 Å². The molecule has 4 nitrogen and oxygen atoms in total. The summed E-state index contributed by atoms with van der Waals surface area (Å²) in [5.74, 6) is 0. The second-order valence-electron chi connectivity index (χ2n) is 4.60. The topological polar surface area (TPSA) is 58.5 Å². The van der Waals surface area contributed by atoms with Crippen molar-refractivity contribution in [1.29, 1.82) is 0 Å². The van der Waals surface area contributed by atoms with E-state index in [1.807, 2.05) is 0 Å². The molecule has 1 N–H and O–H groups in total. The van der Waals surface area contributed by atoms with Crippen LogP contribution in [0, 0.1) is 0 Å². The van der Waals surface area contributed by atoms with E-state index in [9.17, 15) is 8.42 Å². The lowest BCUT2D eigenvalue weighted by Gasteiger charge is -2.08. The van der Waals surface area contributed by atoms with Gasteiger partial charge in [-0.05, 0) is 30.7 Å². The molecule has 0 aromatic heterocycles. The molecule has 0 saturated heterocycles. The van der Waals surface area contributed by atoms with Gasteiger partial charge in [0.05, 0.1) is 11.4 Å². The summed E-state index contributed by atoms with van der Waals surface area (Å²) in [6, 6.07) is 6.77. The summed E-state index contributed by atoms with van der Waals surface area (Å²) in [5.41, 5.74) is 0.871. The molecule has 0 amide bonds. The zero-order valence-electron chi connectivity index (χ0n) is 11.1. The van der Waals surface area contributed by atoms with Gasteiger partial charge >= 0.3 is 0 Å². The van der Waals surface area contributed by atoms with Crippen molar-refractivity contribution < 1.29 is 8.42 Å². The van der Waals surface area contributed by atoms with Crippen LogP contribution in [-0.2, 0) is 9.84 Å². The monoisotopic (exact) mass is 298 g/mol. The number of thioether (sulfide) groups is 1. The second kappa shape index (κ2) is 5.96. The average molecular weight is 298 g/mol. The van der Waals surface area contributed by atoms with Crippen molar-refractivity contribution in [3.05, 3.63) is 24.3 Å². The van der Waals surface area contributed by atoms with Gasteiger partial charge in [-0.3, -0.25) is 4.99 Å². The average Bonchev–Trinajstić information content (AvgIpc) is 2.77. The van der Waals surface area contributed by atoms with Gasteiger partial charge in [-0.2, -0.15) is 0 Å². The minimum atomic E-state index is -3.13. The maximum Gasteiger partial charge on any atom is 0.175 e. The van der Waals surface area contributed by atoms with Crippen LogP contribution in [0.4, 0.5) is 5.69 Å². The van der Waals surface area contributed by atoms with E-state index in [0.29, 0.717) is 10.1 Å². The highest BCUT2D eigenvalue weighted by molar-refractivity contribution is 8.15. The standard InChI is InChI=1S/C13H18N2O2S2/c1-3-4-11-9-14-13(18-11)15-10-5-7-12(8-6-10)19(2,16)17/h5-8,11H,3-4,9H2,1-2H3,(H,14,15). The molecule has 1 unspecified atom stereocenters. The molecule has 1 heterocycles. The summed E-state index contributed by atoms with van der Waals surface area (Å²) >= 11 is 1.76. The normalized spacial score (nSPS) is 19.3. The van der Waals surface area contributed by atoms with Crippen LogP contribution < -0.4 is 5.32 Å². The Bertz CT molecular complexity index is 565. The number of hydrogen-bond acceptors (Lipinski definition) is 5. The minimum Gasteiger partial charge on any atom is -0.335 e. The van der Waals surface area contributed by atoms with Crippen LogP contribution in [0.3, 0.4) is 0 Å². The molecule has 1 atom stereocenters. The zero-order valence-corrected chi connectivity index (χ0v) is 12.7. The van der Waals surface area contributed by atoms with Crippen molar-refractivity contribution in [2.24, 2.45) is 4.99 Å². The summed E-state index contributed by atoms with van der Waals surface area (Å²) in [6.07, 6.45) is 3.55. The number of amidine groups is 1. The van der Waals surface area contributed by atoms with Crippen LogP contribution >= 0.6 is 11.8 Å². The first-order valence-electron chi connectivity index (χ1n) is 6.27. The molecule has 1 aliphatic rings. The van der Waals surface area contributed by atoms with Crippen LogP contribution in [0.15, 0.2) is 34.2 Å². The Kier molecular flexibility index (Phi) is 4.52. The van der Waals surface area contributed by atoms with Crippen molar-refractivity contribution >= 4 is 32.5 Å². The third-order valence-electron chi connectivity index (χ3n) is 2.86. The molecule has 0 aliphatic carbocycles. The summed E-state index contributed by atoms with van der Waals surface area (Å²) in [5, 5.41) is 4.72. The van der Waals surface area contributed by atoms with E-state index >= 15 is 0 Å². The van der Waals surface area contributed by atoms with Crippen LogP contribution in [-0.4, -0.2) is 31.6 Å². The molecule has 19 heavy (non-hydrogen) atoms. The van der Waals surface area contributed by atoms with Gasteiger partial charge in [-0.1, -0.05) is 25.1 Å². The van der Waals surface area contributed by atoms with Crippen LogP contribution in [0.2, 0.25) is 0 Å². The fraction of sp³-hybridized carbons (Fsp3) is 0.462. The zero-order chi connectivity index (χ0) is 13.9. The lowest BCUT2D eigenvalue weighted by molar-refractivity contribution is 0.602. The van der Waals surface area contributed by atoms with E-state index in [-0.39, 0.29) is 0 Å². The van der Waals surface area contributed by atoms with Gasteiger partial charge in [0.2, 0.25) is 0 Å². The van der Waals surface area contributed by atoms with Gasteiger partial charge < -0.3 is 5.32 Å². The number of rotatable bonds is 4. The van der Waals surface area contributed by atoms with Crippen molar-refractivity contribution in [3.63, 3.8) is 0 Å². The second-order valence-corrected chi connectivity index (χ2v) is 7.90. The van der Waals surface area contributed by atoms with Gasteiger partial charge in [0.15, 0.2) is 15.0 Å². The fourth-order valence-electron chi connectivity index (χ4n) is 1.87. The van der Waals surface area contributed by atoms with E-state index in [0.717, 1.165) is 17.4 Å². The summed E-state index contributed by atoms with van der Waals surface area (Å²) in [6.45, 7) is 3.04. The first-order valence-corrected chi connectivity index (χ1v) is 9.04. The first kappa shape index (κ1) is 14.4. The molecular formula is C13H18N2O2S2. The molecule has 6 heteroatoms. The third kappa shape index (κ3) is 3.98. The van der Waals surface area contributed by atoms with Gasteiger partial charge in [-0.15, -0.1) is 0 Å². The van der Waals surface area contributed by atoms with Gasteiger partial charge in [0.1, 0.15) is 0 Å². The molecule has 1 aromatic carbocycles. The summed E-state index contributed by atoms with van der Waals surface area (Å²) in [7, 11) is -3.13. The maximum absolute atomic E-state index is 11.4. The van der Waals surface area contributed by atoms with E-state index in [2.05, 4.69) is 17.2 Å². The van der Waals surface area contributed by atoms with Crippen molar-refractivity contribution in [2.45, 2.75) is 29.9 Å². The van der Waals surface area contributed by atoms with Crippen LogP contribution in [0.5, 0.6) is 0 Å². The predicted molar refractivity (Wildman–Crippen MR) is 81.8 cm³/mol. The number of aliphatic imine (C=N–C) groups is 1. The molecule has 1 aliphatic heterocycles. The summed E-state index contributed by atoms with van der Waals surface area (Å²) in [4.78, 5) is 4.79. The SMILES string of the molecule is CCCC1CN=C(Nc2ccc(S(C)(=O)=O)cc2)S1. The molecule has 1 aromatic rings. The number of nitrogens with zero attached hydrogens (tertiary/aromatic N) is 1. The van der Waals surface area contributed by atoms with E-state index in [1.54, 1.807) is 36.0 Å². The smallest absolute Gasteiger partial charge is 0.175 e. The lowest BCUT2D eigenvalue weighted by atomic mass is 10.2. The Morgan fingerprint density at radius 3 is 2.63 bits per heavy atom. The number of nitrogens with one attached hydrogen (secondary N) is 1. The Morgan fingerprint density at radius 2 is 2.05 bits per heavy atom. The van der Waals surface area contributed by atoms with Crippen LogP contribution in [0.1, 0.15) is 19.8 Å². The van der Waals surface area contributed by atoms with E-state index in [1.165, 1.54) is 19.1 Å². The predicted octanol–water partition coefficient (Wildman–Crippen LogP) is 2.77. The quantitative estimate of drug-likeness (QED) is 0.928. The number of hydrogen-bond donors (Lipinski definition) is 1. The van der Waals surface area contributed by atoms with E-state index < -0.39 is 9.84 Å². The Balaban J connectivity index is 1.98. The van der Waals surface area contributed by atoms with Gasteiger partial charge in [0.25, 0.3) is 0 Å². The van der Waals surface area contributed by atoms with Gasteiger partial charge in [0, 0.05) is 17.2 Å². The molecule has 0 fully saturated rings. The van der Waals surface area contributed by atoms with Crippen LogP contribution in [0.25, 0.3) is 0 Å². The third-order valence-corrected chi connectivity index (χ3v) is 5.16. The highest BCUT2D eigenvalue weighted by atomic mass is 32.2. The molecule has 0 saturated carbocycles. The molecule has 0 bridgehead atoms. The molecule has 104 valence electrons. The first-order chi connectivity index (χ1) is 8.99. The largest absolute Gasteiger partial charge is 0.335 e. The molecule has 0 spiro atoms. The van der Waals surface area contributed by atoms with Crippen molar-refractivity contribution in [3.8, 4) is 0 Å². The molecule has 0 radical (unpaired) electrons. The summed E-state index contributed by atoms with van der Waals surface area (Å²) < 4.78 is 22.7. The minimum absolute atomic E-state index is 0.336. The molecular weight excluding hydrogens is 280 g/mol. The van der Waals surface area contributed by atoms with Crippen molar-refractivity contribution in [1.82, 2.24) is 0 Å². The fourth-order valence-corrected chi connectivity index (χ4v) is 3.64. The highest BCUT2D eigenvalue weighted by Gasteiger charge is 2.18. The molecule has 2 rings (SSSR count). The Hall–Kier alpha value is -1.01. The van der Waals surface area contributed by atoms with Gasteiger partial charge in [-0.25, -0.2) is 8.42 Å².